The van der Waals surface area contributed by atoms with Crippen molar-refractivity contribution < 1.29 is 14.3 Å². The summed E-state index contributed by atoms with van der Waals surface area (Å²) in [5, 5.41) is 2.98. The minimum atomic E-state index is -0.0712. The van der Waals surface area contributed by atoms with Crippen molar-refractivity contribution in [2.45, 2.75) is 19.5 Å². The summed E-state index contributed by atoms with van der Waals surface area (Å²) in [6, 6.07) is 19.1. The molecule has 0 spiro atoms. The monoisotopic (exact) mass is 416 g/mol. The van der Waals surface area contributed by atoms with Gasteiger partial charge in [-0.1, -0.05) is 24.3 Å². The van der Waals surface area contributed by atoms with E-state index in [1.807, 2.05) is 65.2 Å². The van der Waals surface area contributed by atoms with Crippen LogP contribution in [0.15, 0.2) is 66.9 Å². The molecule has 7 nitrogen and oxygen atoms in total. The maximum absolute atomic E-state index is 12.5. The summed E-state index contributed by atoms with van der Waals surface area (Å²) in [6.07, 6.45) is 2.04. The van der Waals surface area contributed by atoms with Crippen LogP contribution in [0.4, 0.5) is 0 Å². The maximum Gasteiger partial charge on any atom is 0.224 e. The number of aromatic nitrogens is 3. The smallest absolute Gasteiger partial charge is 0.224 e. The van der Waals surface area contributed by atoms with E-state index < -0.39 is 0 Å². The Hall–Kier alpha value is -3.87. The highest BCUT2D eigenvalue weighted by Crippen LogP contribution is 2.19. The molecule has 2 aromatic heterocycles. The van der Waals surface area contributed by atoms with Crippen molar-refractivity contribution in [1.82, 2.24) is 19.9 Å². The third-order valence-corrected chi connectivity index (χ3v) is 5.03. The quantitative estimate of drug-likeness (QED) is 0.477. The molecule has 0 atom stereocenters. The van der Waals surface area contributed by atoms with Crippen molar-refractivity contribution in [3.8, 4) is 11.5 Å². The second-order valence-electron chi connectivity index (χ2n) is 7.11. The van der Waals surface area contributed by atoms with E-state index in [9.17, 15) is 4.79 Å². The first-order valence-electron chi connectivity index (χ1n) is 9.99. The van der Waals surface area contributed by atoms with Gasteiger partial charge in [0.25, 0.3) is 0 Å². The Bertz CT molecular complexity index is 1190. The maximum atomic E-state index is 12.5. The third kappa shape index (κ3) is 4.83. The van der Waals surface area contributed by atoms with Crippen molar-refractivity contribution in [2.75, 3.05) is 14.2 Å². The highest BCUT2D eigenvalue weighted by molar-refractivity contribution is 5.78. The zero-order valence-electron chi connectivity index (χ0n) is 17.5. The standard InChI is InChI=1S/C24H24N4O3/c1-30-19-10-8-17(9-11-19)14-23(29)26-15-22-27-21-7-4-12-25-24(21)28(22)16-18-5-3-6-20(13-18)31-2/h3-13H,14-16H2,1-2H3,(H,26,29). The second kappa shape index (κ2) is 9.30. The van der Waals surface area contributed by atoms with Gasteiger partial charge in [-0.3, -0.25) is 4.79 Å². The molecule has 2 aromatic carbocycles. The lowest BCUT2D eigenvalue weighted by Crippen LogP contribution is -2.26. The van der Waals surface area contributed by atoms with Crippen LogP contribution >= 0.6 is 0 Å². The molecule has 7 heteroatoms. The summed E-state index contributed by atoms with van der Waals surface area (Å²) in [7, 11) is 3.27. The van der Waals surface area contributed by atoms with E-state index in [1.54, 1.807) is 20.4 Å². The average molecular weight is 416 g/mol. The number of fused-ring (bicyclic) bond motifs is 1. The number of hydrogen-bond donors (Lipinski definition) is 1. The molecule has 0 saturated carbocycles. The molecule has 4 aromatic rings. The number of hydrogen-bond acceptors (Lipinski definition) is 5. The van der Waals surface area contributed by atoms with Crippen molar-refractivity contribution in [3.63, 3.8) is 0 Å². The fourth-order valence-corrected chi connectivity index (χ4v) is 3.43. The van der Waals surface area contributed by atoms with Crippen LogP contribution < -0.4 is 14.8 Å². The number of benzene rings is 2. The molecule has 31 heavy (non-hydrogen) atoms. The fraction of sp³-hybridized carbons (Fsp3) is 0.208. The van der Waals surface area contributed by atoms with Gasteiger partial charge in [-0.2, -0.15) is 0 Å². The van der Waals surface area contributed by atoms with Crippen molar-refractivity contribution >= 4 is 17.1 Å². The van der Waals surface area contributed by atoms with Gasteiger partial charge < -0.3 is 19.4 Å². The molecule has 158 valence electrons. The van der Waals surface area contributed by atoms with E-state index in [0.717, 1.165) is 39.6 Å². The zero-order chi connectivity index (χ0) is 21.6. The third-order valence-electron chi connectivity index (χ3n) is 5.03. The summed E-state index contributed by atoms with van der Waals surface area (Å²) in [5.41, 5.74) is 3.56. The number of carbonyl (C=O) groups excluding carboxylic acids is 1. The molecule has 0 aliphatic carbocycles. The minimum Gasteiger partial charge on any atom is -0.497 e. The number of carbonyl (C=O) groups is 1. The van der Waals surface area contributed by atoms with E-state index >= 15 is 0 Å². The molecule has 0 saturated heterocycles. The highest BCUT2D eigenvalue weighted by atomic mass is 16.5. The lowest BCUT2D eigenvalue weighted by atomic mass is 10.1. The lowest BCUT2D eigenvalue weighted by Gasteiger charge is -2.11. The Morgan fingerprint density at radius 2 is 1.77 bits per heavy atom. The van der Waals surface area contributed by atoms with Crippen LogP contribution in [0.3, 0.4) is 0 Å². The second-order valence-corrected chi connectivity index (χ2v) is 7.11. The van der Waals surface area contributed by atoms with Crippen LogP contribution in [0, 0.1) is 0 Å². The molecule has 0 bridgehead atoms. The summed E-state index contributed by atoms with van der Waals surface area (Å²) in [4.78, 5) is 21.7. The number of nitrogens with zero attached hydrogens (tertiary/aromatic N) is 3. The van der Waals surface area contributed by atoms with Crippen molar-refractivity contribution in [1.29, 1.82) is 0 Å². The minimum absolute atomic E-state index is 0.0712. The van der Waals surface area contributed by atoms with E-state index in [2.05, 4.69) is 10.3 Å². The molecule has 0 aliphatic heterocycles. The van der Waals surface area contributed by atoms with Crippen LogP contribution in [0.5, 0.6) is 11.5 Å². The zero-order valence-corrected chi connectivity index (χ0v) is 17.5. The molecule has 4 rings (SSSR count). The SMILES string of the molecule is COc1ccc(CC(=O)NCc2nc3cccnc3n2Cc2cccc(OC)c2)cc1. The Labute approximate surface area is 180 Å². The Morgan fingerprint density at radius 3 is 2.55 bits per heavy atom. The molecule has 0 fully saturated rings. The van der Waals surface area contributed by atoms with Crippen LogP contribution in [0.25, 0.3) is 11.2 Å². The van der Waals surface area contributed by atoms with Gasteiger partial charge >= 0.3 is 0 Å². The first kappa shape index (κ1) is 20.4. The van der Waals surface area contributed by atoms with Gasteiger partial charge in [0.15, 0.2) is 5.65 Å². The summed E-state index contributed by atoms with van der Waals surface area (Å²) in [5.74, 6) is 2.24. The van der Waals surface area contributed by atoms with E-state index in [1.165, 1.54) is 0 Å². The Kier molecular flexibility index (Phi) is 6.12. The summed E-state index contributed by atoms with van der Waals surface area (Å²) >= 11 is 0. The highest BCUT2D eigenvalue weighted by Gasteiger charge is 2.14. The lowest BCUT2D eigenvalue weighted by molar-refractivity contribution is -0.120. The van der Waals surface area contributed by atoms with Crippen LogP contribution in [0.1, 0.15) is 17.0 Å². The molecular weight excluding hydrogens is 392 g/mol. The number of pyridine rings is 1. The Balaban J connectivity index is 1.51. The average Bonchev–Trinajstić information content (AvgIpc) is 3.15. The summed E-state index contributed by atoms with van der Waals surface area (Å²) in [6.45, 7) is 0.893. The predicted molar refractivity (Wildman–Crippen MR) is 118 cm³/mol. The molecule has 0 unspecified atom stereocenters. The molecular formula is C24H24N4O3. The first-order valence-corrected chi connectivity index (χ1v) is 9.99. The summed E-state index contributed by atoms with van der Waals surface area (Å²) < 4.78 is 12.5. The van der Waals surface area contributed by atoms with Gasteiger partial charge in [-0.05, 0) is 47.5 Å². The number of ether oxygens (including phenoxy) is 2. The molecule has 1 amide bonds. The van der Waals surface area contributed by atoms with Crippen LogP contribution in [-0.2, 0) is 24.3 Å². The molecule has 0 radical (unpaired) electrons. The predicted octanol–water partition coefficient (Wildman–Crippen LogP) is 3.36. The van der Waals surface area contributed by atoms with Crippen LogP contribution in [-0.4, -0.2) is 34.7 Å². The van der Waals surface area contributed by atoms with Gasteiger partial charge in [0.05, 0.1) is 33.7 Å². The molecule has 2 heterocycles. The van der Waals surface area contributed by atoms with Gasteiger partial charge in [-0.15, -0.1) is 0 Å². The number of imidazole rings is 1. The van der Waals surface area contributed by atoms with Gasteiger partial charge in [0, 0.05) is 6.20 Å². The van der Waals surface area contributed by atoms with E-state index in [4.69, 9.17) is 14.5 Å². The van der Waals surface area contributed by atoms with E-state index in [0.29, 0.717) is 19.5 Å². The van der Waals surface area contributed by atoms with Gasteiger partial charge in [-0.25, -0.2) is 9.97 Å². The first-order chi connectivity index (χ1) is 15.2. The Morgan fingerprint density at radius 1 is 0.968 bits per heavy atom. The van der Waals surface area contributed by atoms with Gasteiger partial charge in [0.1, 0.15) is 22.8 Å². The number of amides is 1. The van der Waals surface area contributed by atoms with E-state index in [-0.39, 0.29) is 5.91 Å². The number of nitrogens with one attached hydrogen (secondary N) is 1. The normalized spacial score (nSPS) is 10.8. The van der Waals surface area contributed by atoms with Gasteiger partial charge in [0.2, 0.25) is 5.91 Å². The number of rotatable bonds is 8. The molecule has 1 N–H and O–H groups in total. The topological polar surface area (TPSA) is 78.3 Å². The fourth-order valence-electron chi connectivity index (χ4n) is 3.43. The largest absolute Gasteiger partial charge is 0.497 e. The van der Waals surface area contributed by atoms with Crippen molar-refractivity contribution in [2.24, 2.45) is 0 Å². The van der Waals surface area contributed by atoms with Crippen molar-refractivity contribution in [3.05, 3.63) is 83.8 Å². The van der Waals surface area contributed by atoms with Crippen LogP contribution in [0.2, 0.25) is 0 Å². The number of methoxy groups -OCH3 is 2. The molecule has 0 aliphatic rings.